The summed E-state index contributed by atoms with van der Waals surface area (Å²) in [5, 5.41) is 8.20. The molecule has 2 aromatic rings. The molecule has 11 nitrogen and oxygen atoms in total. The zero-order chi connectivity index (χ0) is 22.2. The van der Waals surface area contributed by atoms with Crippen LogP contribution in [0.4, 0.5) is 0 Å². The van der Waals surface area contributed by atoms with Crippen molar-refractivity contribution in [3.63, 3.8) is 0 Å². The first-order chi connectivity index (χ1) is 15.0. The summed E-state index contributed by atoms with van der Waals surface area (Å²) in [6.07, 6.45) is 2.82. The summed E-state index contributed by atoms with van der Waals surface area (Å²) in [5.74, 6) is -0.293. The summed E-state index contributed by atoms with van der Waals surface area (Å²) in [7, 11) is 1.52. The molecule has 0 aliphatic carbocycles. The molecule has 1 aromatic heterocycles. The number of hydrogen-bond acceptors (Lipinski definition) is 6. The molecule has 0 bridgehead atoms. The van der Waals surface area contributed by atoms with Crippen LogP contribution in [0.15, 0.2) is 29.2 Å². The number of rotatable bonds is 3. The van der Waals surface area contributed by atoms with E-state index in [1.165, 1.54) is 13.3 Å². The SMILES string of the molecule is COc1ccc2c(c1)OCCNC(=O)[C@@H](NC(=O)c1c[nH]c(=O)[nH]1)CCCCNC2=O. The molecule has 1 aliphatic rings. The minimum Gasteiger partial charge on any atom is -0.497 e. The van der Waals surface area contributed by atoms with E-state index in [0.29, 0.717) is 42.9 Å². The van der Waals surface area contributed by atoms with Gasteiger partial charge in [-0.2, -0.15) is 0 Å². The zero-order valence-electron chi connectivity index (χ0n) is 17.1. The molecule has 166 valence electrons. The second kappa shape index (κ2) is 10.3. The molecule has 1 aromatic carbocycles. The van der Waals surface area contributed by atoms with Crippen LogP contribution in [0.2, 0.25) is 0 Å². The number of fused-ring (bicyclic) bond motifs is 1. The summed E-state index contributed by atoms with van der Waals surface area (Å²) in [6, 6.07) is 4.13. The van der Waals surface area contributed by atoms with Crippen LogP contribution in [0.3, 0.4) is 0 Å². The maximum atomic E-state index is 12.6. The molecule has 5 N–H and O–H groups in total. The van der Waals surface area contributed by atoms with E-state index in [4.69, 9.17) is 9.47 Å². The molecule has 3 rings (SSSR count). The van der Waals surface area contributed by atoms with Crippen molar-refractivity contribution in [1.82, 2.24) is 25.9 Å². The fourth-order valence-corrected chi connectivity index (χ4v) is 3.12. The number of H-pyrrole nitrogens is 2. The fraction of sp³-hybridized carbons (Fsp3) is 0.400. The molecule has 3 amide bonds. The molecule has 2 heterocycles. The van der Waals surface area contributed by atoms with Crippen LogP contribution in [-0.2, 0) is 4.79 Å². The third kappa shape index (κ3) is 5.87. The lowest BCUT2D eigenvalue weighted by atomic mass is 10.1. The topological polar surface area (TPSA) is 154 Å². The lowest BCUT2D eigenvalue weighted by molar-refractivity contribution is -0.123. The highest BCUT2D eigenvalue weighted by Crippen LogP contribution is 2.25. The van der Waals surface area contributed by atoms with E-state index in [9.17, 15) is 19.2 Å². The Labute approximate surface area is 177 Å². The van der Waals surface area contributed by atoms with Crippen molar-refractivity contribution in [2.45, 2.75) is 25.3 Å². The van der Waals surface area contributed by atoms with Crippen molar-refractivity contribution >= 4 is 17.7 Å². The molecule has 31 heavy (non-hydrogen) atoms. The summed E-state index contributed by atoms with van der Waals surface area (Å²) in [6.45, 7) is 0.688. The molecule has 0 saturated carbocycles. The quantitative estimate of drug-likeness (QED) is 0.458. The van der Waals surface area contributed by atoms with Gasteiger partial charge in [-0.1, -0.05) is 0 Å². The molecular formula is C20H25N5O6. The predicted octanol–water partition coefficient (Wildman–Crippen LogP) is -0.0811. The maximum absolute atomic E-state index is 12.6. The number of hydrogen-bond donors (Lipinski definition) is 5. The van der Waals surface area contributed by atoms with Crippen LogP contribution in [-0.4, -0.2) is 60.5 Å². The summed E-state index contributed by atoms with van der Waals surface area (Å²) in [5.41, 5.74) is -0.0846. The van der Waals surface area contributed by atoms with Gasteiger partial charge >= 0.3 is 5.69 Å². The monoisotopic (exact) mass is 431 g/mol. The first-order valence-corrected chi connectivity index (χ1v) is 9.93. The van der Waals surface area contributed by atoms with Gasteiger partial charge in [0.1, 0.15) is 29.8 Å². The third-order valence-corrected chi connectivity index (χ3v) is 4.76. The van der Waals surface area contributed by atoms with E-state index in [-0.39, 0.29) is 30.7 Å². The number of carbonyl (C=O) groups excluding carboxylic acids is 3. The first kappa shape index (κ1) is 21.9. The molecule has 0 radical (unpaired) electrons. The van der Waals surface area contributed by atoms with Gasteiger partial charge < -0.3 is 35.4 Å². The van der Waals surface area contributed by atoms with E-state index in [1.54, 1.807) is 18.2 Å². The molecule has 11 heteroatoms. The van der Waals surface area contributed by atoms with Gasteiger partial charge in [-0.3, -0.25) is 14.4 Å². The molecule has 0 unspecified atom stereocenters. The lowest BCUT2D eigenvalue weighted by Gasteiger charge is -2.19. The Morgan fingerprint density at radius 1 is 1.16 bits per heavy atom. The average molecular weight is 431 g/mol. The van der Waals surface area contributed by atoms with Crippen molar-refractivity contribution < 1.29 is 23.9 Å². The molecular weight excluding hydrogens is 406 g/mol. The number of imidazole rings is 1. The number of nitrogens with one attached hydrogen (secondary N) is 5. The van der Waals surface area contributed by atoms with Gasteiger partial charge in [0, 0.05) is 18.8 Å². The van der Waals surface area contributed by atoms with Gasteiger partial charge in [0.25, 0.3) is 11.8 Å². The molecule has 1 atom stereocenters. The Balaban J connectivity index is 1.68. The number of ether oxygens (including phenoxy) is 2. The Hall–Kier alpha value is -3.76. The summed E-state index contributed by atoms with van der Waals surface area (Å²) < 4.78 is 10.9. The van der Waals surface area contributed by atoms with Crippen molar-refractivity contribution in [2.75, 3.05) is 26.8 Å². The minimum atomic E-state index is -0.795. The average Bonchev–Trinajstić information content (AvgIpc) is 3.21. The second-order valence-electron chi connectivity index (χ2n) is 6.94. The largest absolute Gasteiger partial charge is 0.497 e. The number of carbonyl (C=O) groups is 3. The number of aromatic amines is 2. The number of amides is 3. The number of methoxy groups -OCH3 is 1. The first-order valence-electron chi connectivity index (χ1n) is 9.93. The summed E-state index contributed by atoms with van der Waals surface area (Å²) in [4.78, 5) is 53.3. The highest BCUT2D eigenvalue weighted by atomic mass is 16.5. The lowest BCUT2D eigenvalue weighted by Crippen LogP contribution is -2.47. The van der Waals surface area contributed by atoms with Crippen LogP contribution < -0.4 is 31.1 Å². The van der Waals surface area contributed by atoms with E-state index in [0.717, 1.165) is 0 Å². The van der Waals surface area contributed by atoms with Crippen LogP contribution >= 0.6 is 0 Å². The van der Waals surface area contributed by atoms with Gasteiger partial charge in [0.2, 0.25) is 5.91 Å². The fourth-order valence-electron chi connectivity index (χ4n) is 3.12. The van der Waals surface area contributed by atoms with Crippen LogP contribution in [0.1, 0.15) is 40.1 Å². The predicted molar refractivity (Wildman–Crippen MR) is 110 cm³/mol. The second-order valence-corrected chi connectivity index (χ2v) is 6.94. The molecule has 0 spiro atoms. The summed E-state index contributed by atoms with van der Waals surface area (Å²) >= 11 is 0. The molecule has 0 saturated heterocycles. The van der Waals surface area contributed by atoms with E-state index >= 15 is 0 Å². The Bertz CT molecular complexity index is 998. The van der Waals surface area contributed by atoms with Gasteiger partial charge in [-0.25, -0.2) is 4.79 Å². The van der Waals surface area contributed by atoms with E-state index < -0.39 is 17.6 Å². The molecule has 1 aliphatic heterocycles. The Morgan fingerprint density at radius 3 is 2.74 bits per heavy atom. The van der Waals surface area contributed by atoms with Crippen LogP contribution in [0.5, 0.6) is 11.5 Å². The van der Waals surface area contributed by atoms with Crippen molar-refractivity contribution in [2.24, 2.45) is 0 Å². The van der Waals surface area contributed by atoms with E-state index in [2.05, 4.69) is 25.9 Å². The maximum Gasteiger partial charge on any atom is 0.323 e. The number of benzene rings is 1. The van der Waals surface area contributed by atoms with Crippen molar-refractivity contribution in [3.05, 3.63) is 46.1 Å². The highest BCUT2D eigenvalue weighted by Gasteiger charge is 2.22. The molecule has 0 fully saturated rings. The number of aromatic nitrogens is 2. The standard InChI is InChI=1S/C20H25N5O6/c1-30-12-5-6-13-16(10-12)31-9-8-22-18(27)14(4-2-3-7-21-17(13)26)24-19(28)15-11-23-20(29)25-15/h5-6,10-11,14H,2-4,7-9H2,1H3,(H,21,26)(H,22,27)(H,24,28)(H2,23,25,29)/t14-/m0/s1. The van der Waals surface area contributed by atoms with Gasteiger partial charge in [0.05, 0.1) is 19.2 Å². The van der Waals surface area contributed by atoms with Gasteiger partial charge in [0.15, 0.2) is 0 Å². The van der Waals surface area contributed by atoms with Gasteiger partial charge in [-0.15, -0.1) is 0 Å². The zero-order valence-corrected chi connectivity index (χ0v) is 17.1. The van der Waals surface area contributed by atoms with Crippen LogP contribution in [0.25, 0.3) is 0 Å². The van der Waals surface area contributed by atoms with E-state index in [1.807, 2.05) is 0 Å². The minimum absolute atomic E-state index is 0.0401. The normalized spacial score (nSPS) is 17.9. The Morgan fingerprint density at radius 2 is 2.00 bits per heavy atom. The van der Waals surface area contributed by atoms with Crippen molar-refractivity contribution in [1.29, 1.82) is 0 Å². The highest BCUT2D eigenvalue weighted by molar-refractivity contribution is 5.97. The Kier molecular flexibility index (Phi) is 7.31. The smallest absolute Gasteiger partial charge is 0.323 e. The van der Waals surface area contributed by atoms with Crippen LogP contribution in [0, 0.1) is 0 Å². The third-order valence-electron chi connectivity index (χ3n) is 4.76. The van der Waals surface area contributed by atoms with Crippen molar-refractivity contribution in [3.8, 4) is 11.5 Å². The van der Waals surface area contributed by atoms with Gasteiger partial charge in [-0.05, 0) is 31.4 Å².